The number of benzene rings is 9. The fourth-order valence-corrected chi connectivity index (χ4v) is 10.7. The molecule has 0 saturated heterocycles. The van der Waals surface area contributed by atoms with Crippen LogP contribution < -0.4 is 0 Å². The van der Waals surface area contributed by atoms with Crippen LogP contribution in [0.25, 0.3) is 127 Å². The first-order chi connectivity index (χ1) is 31.7. The zero-order valence-electron chi connectivity index (χ0n) is 34.9. The van der Waals surface area contributed by atoms with E-state index >= 15 is 0 Å². The maximum Gasteiger partial charge on any atom is 0.135 e. The van der Waals surface area contributed by atoms with Crippen LogP contribution in [0.1, 0.15) is 12.8 Å². The molecule has 14 rings (SSSR count). The van der Waals surface area contributed by atoms with Gasteiger partial charge in [-0.3, -0.25) is 0 Å². The van der Waals surface area contributed by atoms with Crippen LogP contribution in [0.15, 0.2) is 217 Å². The normalized spacial score (nSPS) is 13.2. The zero-order chi connectivity index (χ0) is 41.9. The minimum atomic E-state index is 0.895. The summed E-state index contributed by atoms with van der Waals surface area (Å²) < 4.78 is 13.5. The molecular formula is C60H39N3O. The minimum absolute atomic E-state index is 0.895. The molecule has 4 nitrogen and oxygen atoms in total. The van der Waals surface area contributed by atoms with Gasteiger partial charge < -0.3 is 18.1 Å². The van der Waals surface area contributed by atoms with Gasteiger partial charge in [0, 0.05) is 60.2 Å². The van der Waals surface area contributed by atoms with Gasteiger partial charge in [-0.25, -0.2) is 0 Å². The van der Waals surface area contributed by atoms with Crippen molar-refractivity contribution in [3.8, 4) is 33.6 Å². The molecule has 0 radical (unpaired) electrons. The topological polar surface area (TPSA) is 27.9 Å². The Balaban J connectivity index is 0.981. The second-order valence-electron chi connectivity index (χ2n) is 17.2. The summed E-state index contributed by atoms with van der Waals surface area (Å²) in [6.45, 7) is 0. The Kier molecular flexibility index (Phi) is 7.48. The van der Waals surface area contributed by atoms with Crippen LogP contribution in [0.5, 0.6) is 0 Å². The van der Waals surface area contributed by atoms with E-state index in [0.29, 0.717) is 0 Å². The number of fused-ring (bicyclic) bond motifs is 12. The molecule has 13 aromatic rings. The van der Waals surface area contributed by atoms with E-state index in [4.69, 9.17) is 4.42 Å². The Morgan fingerprint density at radius 2 is 0.781 bits per heavy atom. The maximum atomic E-state index is 6.29. The summed E-state index contributed by atoms with van der Waals surface area (Å²) in [5, 5.41) is 9.71. The van der Waals surface area contributed by atoms with Crippen molar-refractivity contribution >= 4 is 93.1 Å². The van der Waals surface area contributed by atoms with Crippen LogP contribution in [0.3, 0.4) is 0 Å². The van der Waals surface area contributed by atoms with Gasteiger partial charge >= 0.3 is 0 Å². The van der Waals surface area contributed by atoms with Crippen LogP contribution in [0.2, 0.25) is 0 Å². The summed E-state index contributed by atoms with van der Waals surface area (Å²) in [6, 6.07) is 71.2. The largest absolute Gasteiger partial charge is 0.456 e. The molecule has 4 aromatic heterocycles. The van der Waals surface area contributed by atoms with Gasteiger partial charge in [-0.1, -0.05) is 109 Å². The number of para-hydroxylation sites is 4. The predicted octanol–water partition coefficient (Wildman–Crippen LogP) is 16.4. The van der Waals surface area contributed by atoms with Crippen molar-refractivity contribution in [3.63, 3.8) is 0 Å². The number of rotatable bonds is 5. The second-order valence-corrected chi connectivity index (χ2v) is 17.2. The Labute approximate surface area is 368 Å². The summed E-state index contributed by atoms with van der Waals surface area (Å²) in [5.74, 6) is 0. The summed E-state index contributed by atoms with van der Waals surface area (Å²) in [6.07, 6.45) is 9.09. The average molecular weight is 818 g/mol. The van der Waals surface area contributed by atoms with Gasteiger partial charge in [0.2, 0.25) is 0 Å². The van der Waals surface area contributed by atoms with E-state index in [9.17, 15) is 0 Å². The van der Waals surface area contributed by atoms with E-state index in [-0.39, 0.29) is 0 Å². The Morgan fingerprint density at radius 1 is 0.312 bits per heavy atom. The molecule has 0 saturated carbocycles. The van der Waals surface area contributed by atoms with Crippen LogP contribution in [0.4, 0.5) is 0 Å². The predicted molar refractivity (Wildman–Crippen MR) is 269 cm³/mol. The molecule has 4 heterocycles. The quantitative estimate of drug-likeness (QED) is 0.170. The second kappa shape index (κ2) is 13.6. The molecule has 64 heavy (non-hydrogen) atoms. The number of nitrogens with zero attached hydrogens (tertiary/aromatic N) is 3. The van der Waals surface area contributed by atoms with Gasteiger partial charge in [-0.2, -0.15) is 0 Å². The van der Waals surface area contributed by atoms with E-state index in [2.05, 4.69) is 220 Å². The highest BCUT2D eigenvalue weighted by atomic mass is 16.3. The minimum Gasteiger partial charge on any atom is -0.456 e. The molecule has 4 heteroatoms. The third-order valence-corrected chi connectivity index (χ3v) is 13.6. The zero-order valence-corrected chi connectivity index (χ0v) is 34.9. The van der Waals surface area contributed by atoms with Gasteiger partial charge in [0.25, 0.3) is 0 Å². The molecule has 0 bridgehead atoms. The van der Waals surface area contributed by atoms with Crippen LogP contribution in [-0.2, 0) is 0 Å². The van der Waals surface area contributed by atoms with Gasteiger partial charge in [0.15, 0.2) is 0 Å². The number of hydrogen-bond acceptors (Lipinski definition) is 1. The Hall–Kier alpha value is -8.34. The third kappa shape index (κ3) is 5.17. The molecule has 0 spiro atoms. The molecule has 300 valence electrons. The third-order valence-electron chi connectivity index (χ3n) is 13.6. The van der Waals surface area contributed by atoms with Crippen LogP contribution in [-0.4, -0.2) is 13.7 Å². The Morgan fingerprint density at radius 3 is 1.38 bits per heavy atom. The highest BCUT2D eigenvalue weighted by molar-refractivity contribution is 6.15. The molecular weight excluding hydrogens is 779 g/mol. The molecule has 1 aliphatic rings. The van der Waals surface area contributed by atoms with E-state index in [1.807, 2.05) is 6.07 Å². The van der Waals surface area contributed by atoms with Gasteiger partial charge in [-0.05, 0) is 138 Å². The maximum absolute atomic E-state index is 6.29. The summed E-state index contributed by atoms with van der Waals surface area (Å²) >= 11 is 0. The SMILES string of the molecule is C1=CC(n2c3ccccc3c3cc(-c4ccc5c(c4)c4cc(-c6ccc7c(c6)c6ccccc6n7-c6ccccc6)ccc4n5-c4ccc5oc6ccccc6c5c4)ccc32)=CCC1. The lowest BCUT2D eigenvalue weighted by Gasteiger charge is -2.12. The first-order valence-electron chi connectivity index (χ1n) is 22.2. The number of allylic oxidation sites excluding steroid dienone is 4. The highest BCUT2D eigenvalue weighted by Gasteiger charge is 2.19. The standard InChI is InChI=1S/C60H39N3O/c1-3-13-42(14-4-1)61-53-20-10-7-17-45(53)48-33-38(23-28-55(48)61)40-25-30-57-50(35-40)51-36-41(26-31-58(51)63(57)44-27-32-60-52(37-44)47-19-9-12-22-59(47)64-60)39-24-29-56-49(34-39)46-18-8-11-21-54(46)62(56)43-15-5-2-6-16-43/h1,3-5,7-37H,2,6H2. The fourth-order valence-electron chi connectivity index (χ4n) is 10.7. The van der Waals surface area contributed by atoms with E-state index in [1.54, 1.807) is 0 Å². The number of furan rings is 1. The molecule has 0 unspecified atom stereocenters. The van der Waals surface area contributed by atoms with Gasteiger partial charge in [0.05, 0.1) is 33.1 Å². The molecule has 0 amide bonds. The van der Waals surface area contributed by atoms with Gasteiger partial charge in [0.1, 0.15) is 11.2 Å². The van der Waals surface area contributed by atoms with Crippen molar-refractivity contribution in [3.05, 3.63) is 212 Å². The highest BCUT2D eigenvalue weighted by Crippen LogP contribution is 2.42. The summed E-state index contributed by atoms with van der Waals surface area (Å²) in [4.78, 5) is 0. The van der Waals surface area contributed by atoms with Crippen molar-refractivity contribution in [2.75, 3.05) is 0 Å². The molecule has 9 aromatic carbocycles. The molecule has 0 N–H and O–H groups in total. The molecule has 0 atom stereocenters. The Bertz CT molecular complexity index is 4130. The lowest BCUT2D eigenvalue weighted by molar-refractivity contribution is 0.669. The van der Waals surface area contributed by atoms with E-state index < -0.39 is 0 Å². The van der Waals surface area contributed by atoms with E-state index in [1.165, 1.54) is 82.3 Å². The van der Waals surface area contributed by atoms with Crippen molar-refractivity contribution in [2.24, 2.45) is 0 Å². The lowest BCUT2D eigenvalue weighted by Crippen LogP contribution is -1.96. The summed E-state index contributed by atoms with van der Waals surface area (Å²) in [5.41, 5.74) is 17.3. The molecule has 0 fully saturated rings. The summed E-state index contributed by atoms with van der Waals surface area (Å²) in [7, 11) is 0. The van der Waals surface area contributed by atoms with Crippen LogP contribution >= 0.6 is 0 Å². The lowest BCUT2D eigenvalue weighted by atomic mass is 9.98. The first kappa shape index (κ1) is 35.3. The van der Waals surface area contributed by atoms with Crippen molar-refractivity contribution in [2.45, 2.75) is 12.8 Å². The number of aromatic nitrogens is 3. The number of hydrogen-bond donors (Lipinski definition) is 0. The van der Waals surface area contributed by atoms with Crippen molar-refractivity contribution < 1.29 is 4.42 Å². The average Bonchev–Trinajstić information content (AvgIpc) is 4.10. The fraction of sp³-hybridized carbons (Fsp3) is 0.0333. The molecule has 1 aliphatic carbocycles. The van der Waals surface area contributed by atoms with Crippen molar-refractivity contribution in [1.82, 2.24) is 13.7 Å². The molecule has 0 aliphatic heterocycles. The smallest absolute Gasteiger partial charge is 0.135 e. The monoisotopic (exact) mass is 817 g/mol. The van der Waals surface area contributed by atoms with Gasteiger partial charge in [-0.15, -0.1) is 0 Å². The van der Waals surface area contributed by atoms with Crippen LogP contribution in [0, 0.1) is 0 Å². The van der Waals surface area contributed by atoms with Crippen molar-refractivity contribution in [1.29, 1.82) is 0 Å². The first-order valence-corrected chi connectivity index (χ1v) is 22.2. The van der Waals surface area contributed by atoms with E-state index in [0.717, 1.165) is 57.2 Å².